The molecular formula is C15H25NO3. The summed E-state index contributed by atoms with van der Waals surface area (Å²) in [6, 6.07) is 8.39. The van der Waals surface area contributed by atoms with Crippen molar-refractivity contribution in [2.24, 2.45) is 0 Å². The molecule has 0 saturated carbocycles. The second-order valence-corrected chi connectivity index (χ2v) is 4.77. The van der Waals surface area contributed by atoms with E-state index in [1.165, 1.54) is 5.56 Å². The Labute approximate surface area is 115 Å². The molecule has 1 rings (SSSR count). The number of para-hydroxylation sites is 1. The third-order valence-electron chi connectivity index (χ3n) is 3.05. The molecular weight excluding hydrogens is 242 g/mol. The highest BCUT2D eigenvalue weighted by molar-refractivity contribution is 5.33. The second kappa shape index (κ2) is 8.91. The van der Waals surface area contributed by atoms with Crippen molar-refractivity contribution in [1.82, 2.24) is 5.32 Å². The van der Waals surface area contributed by atoms with Crippen LogP contribution in [0.1, 0.15) is 18.9 Å². The minimum absolute atomic E-state index is 0.339. The van der Waals surface area contributed by atoms with Crippen molar-refractivity contribution in [2.45, 2.75) is 31.9 Å². The van der Waals surface area contributed by atoms with Gasteiger partial charge in [0.25, 0.3) is 0 Å². The number of aliphatic hydroxyl groups is 1. The first-order valence-corrected chi connectivity index (χ1v) is 6.69. The number of nitrogens with one attached hydrogen (secondary N) is 1. The summed E-state index contributed by atoms with van der Waals surface area (Å²) in [6.07, 6.45) is 1.21. The summed E-state index contributed by atoms with van der Waals surface area (Å²) >= 11 is 0. The van der Waals surface area contributed by atoms with Gasteiger partial charge in [-0.3, -0.25) is 0 Å². The minimum atomic E-state index is -0.393. The average molecular weight is 267 g/mol. The average Bonchev–Trinajstić information content (AvgIpc) is 2.39. The van der Waals surface area contributed by atoms with E-state index < -0.39 is 6.10 Å². The standard InChI is InChI=1S/C15H25NO3/c1-12(16-9-8-14(17)11-18-2)10-13-6-4-5-7-15(13)19-3/h4-7,12,14,16-17H,8-11H2,1-3H3. The van der Waals surface area contributed by atoms with Crippen LogP contribution >= 0.6 is 0 Å². The highest BCUT2D eigenvalue weighted by Gasteiger charge is 2.08. The molecule has 108 valence electrons. The molecule has 1 aromatic rings. The topological polar surface area (TPSA) is 50.7 Å². The second-order valence-electron chi connectivity index (χ2n) is 4.77. The Morgan fingerprint density at radius 1 is 1.26 bits per heavy atom. The quantitative estimate of drug-likeness (QED) is 0.714. The molecule has 0 radical (unpaired) electrons. The van der Waals surface area contributed by atoms with E-state index in [1.807, 2.05) is 18.2 Å². The molecule has 0 aromatic heterocycles. The van der Waals surface area contributed by atoms with Gasteiger partial charge in [-0.15, -0.1) is 0 Å². The molecule has 0 saturated heterocycles. The van der Waals surface area contributed by atoms with Gasteiger partial charge in [0, 0.05) is 13.2 Å². The molecule has 0 aliphatic carbocycles. The van der Waals surface area contributed by atoms with E-state index in [0.717, 1.165) is 18.7 Å². The Hall–Kier alpha value is -1.10. The van der Waals surface area contributed by atoms with Crippen molar-refractivity contribution in [2.75, 3.05) is 27.4 Å². The lowest BCUT2D eigenvalue weighted by molar-refractivity contribution is 0.0591. The van der Waals surface area contributed by atoms with E-state index in [-0.39, 0.29) is 0 Å². The fourth-order valence-electron chi connectivity index (χ4n) is 2.05. The summed E-state index contributed by atoms with van der Waals surface area (Å²) in [6.45, 7) is 3.30. The lowest BCUT2D eigenvalue weighted by Gasteiger charge is -2.17. The maximum atomic E-state index is 9.55. The Morgan fingerprint density at radius 3 is 2.68 bits per heavy atom. The van der Waals surface area contributed by atoms with Gasteiger partial charge >= 0.3 is 0 Å². The van der Waals surface area contributed by atoms with Crippen LogP contribution in [0, 0.1) is 0 Å². The predicted molar refractivity (Wildman–Crippen MR) is 76.7 cm³/mol. The van der Waals surface area contributed by atoms with Crippen molar-refractivity contribution >= 4 is 0 Å². The van der Waals surface area contributed by atoms with E-state index in [2.05, 4.69) is 18.3 Å². The highest BCUT2D eigenvalue weighted by Crippen LogP contribution is 2.18. The van der Waals surface area contributed by atoms with Crippen LogP contribution in [0.2, 0.25) is 0 Å². The van der Waals surface area contributed by atoms with Crippen molar-refractivity contribution < 1.29 is 14.6 Å². The molecule has 19 heavy (non-hydrogen) atoms. The molecule has 0 heterocycles. The van der Waals surface area contributed by atoms with Crippen LogP contribution in [0.3, 0.4) is 0 Å². The third-order valence-corrected chi connectivity index (χ3v) is 3.05. The molecule has 0 amide bonds. The number of aliphatic hydroxyl groups excluding tert-OH is 1. The monoisotopic (exact) mass is 267 g/mol. The molecule has 0 spiro atoms. The van der Waals surface area contributed by atoms with Crippen LogP contribution in [0.5, 0.6) is 5.75 Å². The van der Waals surface area contributed by atoms with Crippen LogP contribution in [-0.4, -0.2) is 44.6 Å². The molecule has 0 aliphatic rings. The van der Waals surface area contributed by atoms with E-state index in [4.69, 9.17) is 9.47 Å². The number of rotatable bonds is 9. The Balaban J connectivity index is 2.32. The highest BCUT2D eigenvalue weighted by atomic mass is 16.5. The normalized spacial score (nSPS) is 14.1. The number of ether oxygens (including phenoxy) is 2. The third kappa shape index (κ3) is 6.05. The van der Waals surface area contributed by atoms with Crippen molar-refractivity contribution in [3.8, 4) is 5.75 Å². The largest absolute Gasteiger partial charge is 0.496 e. The lowest BCUT2D eigenvalue weighted by Crippen LogP contribution is -2.31. The van der Waals surface area contributed by atoms with Crippen LogP contribution in [-0.2, 0) is 11.2 Å². The van der Waals surface area contributed by atoms with Gasteiger partial charge < -0.3 is 19.9 Å². The zero-order chi connectivity index (χ0) is 14.1. The SMILES string of the molecule is COCC(O)CCNC(C)Cc1ccccc1OC. The Bertz CT molecular complexity index is 357. The van der Waals surface area contributed by atoms with Crippen LogP contribution in [0.15, 0.2) is 24.3 Å². The van der Waals surface area contributed by atoms with Gasteiger partial charge in [-0.2, -0.15) is 0 Å². The van der Waals surface area contributed by atoms with E-state index >= 15 is 0 Å². The molecule has 2 N–H and O–H groups in total. The molecule has 2 atom stereocenters. The first-order chi connectivity index (χ1) is 9.17. The smallest absolute Gasteiger partial charge is 0.122 e. The number of benzene rings is 1. The molecule has 0 fully saturated rings. The number of hydrogen-bond donors (Lipinski definition) is 2. The summed E-state index contributed by atoms with van der Waals surface area (Å²) in [5.41, 5.74) is 1.20. The zero-order valence-electron chi connectivity index (χ0n) is 12.1. The summed E-state index contributed by atoms with van der Waals surface area (Å²) < 4.78 is 10.2. The Kier molecular flexibility index (Phi) is 7.48. The molecule has 0 aliphatic heterocycles. The summed E-state index contributed by atoms with van der Waals surface area (Å²) in [7, 11) is 3.29. The summed E-state index contributed by atoms with van der Waals surface area (Å²) in [5, 5.41) is 12.9. The minimum Gasteiger partial charge on any atom is -0.496 e. The maximum absolute atomic E-state index is 9.55. The van der Waals surface area contributed by atoms with Gasteiger partial charge in [-0.25, -0.2) is 0 Å². The summed E-state index contributed by atoms with van der Waals surface area (Å²) in [5.74, 6) is 0.926. The fraction of sp³-hybridized carbons (Fsp3) is 0.600. The van der Waals surface area contributed by atoms with Gasteiger partial charge in [0.1, 0.15) is 5.75 Å². The number of hydrogen-bond acceptors (Lipinski definition) is 4. The van der Waals surface area contributed by atoms with Crippen LogP contribution < -0.4 is 10.1 Å². The van der Waals surface area contributed by atoms with E-state index in [1.54, 1.807) is 14.2 Å². The predicted octanol–water partition coefficient (Wildman–Crippen LogP) is 1.61. The molecule has 1 aromatic carbocycles. The molecule has 4 heteroatoms. The number of methoxy groups -OCH3 is 2. The zero-order valence-corrected chi connectivity index (χ0v) is 12.1. The van der Waals surface area contributed by atoms with Gasteiger partial charge in [-0.05, 0) is 37.9 Å². The first-order valence-electron chi connectivity index (χ1n) is 6.69. The summed E-state index contributed by atoms with van der Waals surface area (Å²) in [4.78, 5) is 0. The van der Waals surface area contributed by atoms with Crippen molar-refractivity contribution in [3.63, 3.8) is 0 Å². The van der Waals surface area contributed by atoms with Gasteiger partial charge in [0.15, 0.2) is 0 Å². The molecule has 0 bridgehead atoms. The van der Waals surface area contributed by atoms with E-state index in [0.29, 0.717) is 19.1 Å². The van der Waals surface area contributed by atoms with E-state index in [9.17, 15) is 5.11 Å². The van der Waals surface area contributed by atoms with Crippen LogP contribution in [0.25, 0.3) is 0 Å². The maximum Gasteiger partial charge on any atom is 0.122 e. The van der Waals surface area contributed by atoms with Crippen molar-refractivity contribution in [3.05, 3.63) is 29.8 Å². The lowest BCUT2D eigenvalue weighted by atomic mass is 10.1. The van der Waals surface area contributed by atoms with Gasteiger partial charge in [-0.1, -0.05) is 18.2 Å². The Morgan fingerprint density at radius 2 is 2.00 bits per heavy atom. The molecule has 4 nitrogen and oxygen atoms in total. The van der Waals surface area contributed by atoms with Gasteiger partial charge in [0.2, 0.25) is 0 Å². The first kappa shape index (κ1) is 16.0. The van der Waals surface area contributed by atoms with Crippen LogP contribution in [0.4, 0.5) is 0 Å². The fourth-order valence-corrected chi connectivity index (χ4v) is 2.05. The van der Waals surface area contributed by atoms with Gasteiger partial charge in [0.05, 0.1) is 19.8 Å². The molecule has 2 unspecified atom stereocenters. The van der Waals surface area contributed by atoms with Crippen molar-refractivity contribution in [1.29, 1.82) is 0 Å².